The Morgan fingerprint density at radius 2 is 2.17 bits per heavy atom. The van der Waals surface area contributed by atoms with Crippen LogP contribution in [0.3, 0.4) is 0 Å². The molecule has 0 saturated heterocycles. The van der Waals surface area contributed by atoms with Crippen molar-refractivity contribution in [3.05, 3.63) is 41.7 Å². The maximum Gasteiger partial charge on any atom is 0.387 e. The van der Waals surface area contributed by atoms with E-state index in [1.165, 1.54) is 19.4 Å². The molecule has 2 rings (SSSR count). The fourth-order valence-electron chi connectivity index (χ4n) is 2.02. The lowest BCUT2D eigenvalue weighted by molar-refractivity contribution is -0.0512. The number of alkyl halides is 2. The molecule has 0 fully saturated rings. The summed E-state index contributed by atoms with van der Waals surface area (Å²) in [6.07, 6.45) is 3.63. The first-order valence-corrected chi connectivity index (χ1v) is 6.88. The van der Waals surface area contributed by atoms with Crippen LogP contribution < -0.4 is 14.8 Å². The topological polar surface area (TPSA) is 65.4 Å². The summed E-state index contributed by atoms with van der Waals surface area (Å²) in [5.41, 5.74) is 1.31. The van der Waals surface area contributed by atoms with Crippen molar-refractivity contribution in [1.82, 2.24) is 15.1 Å². The predicted octanol–water partition coefficient (Wildman–Crippen LogP) is 2.00. The Morgan fingerprint density at radius 1 is 1.39 bits per heavy atom. The highest BCUT2D eigenvalue weighted by atomic mass is 19.3. The molecule has 0 atom stereocenters. The third-order valence-electron chi connectivity index (χ3n) is 3.11. The van der Waals surface area contributed by atoms with Crippen LogP contribution >= 0.6 is 0 Å². The summed E-state index contributed by atoms with van der Waals surface area (Å²) in [5.74, 6) is -0.0187. The van der Waals surface area contributed by atoms with E-state index in [9.17, 15) is 13.6 Å². The van der Waals surface area contributed by atoms with Gasteiger partial charge in [0.15, 0.2) is 11.5 Å². The molecule has 1 heterocycles. The number of benzene rings is 1. The summed E-state index contributed by atoms with van der Waals surface area (Å²) in [6.45, 7) is -2.51. The first-order valence-electron chi connectivity index (χ1n) is 6.88. The SMILES string of the molecule is COc1cc(CCNC(=O)c2cnn(C)c2)ccc1OC(F)F. The van der Waals surface area contributed by atoms with Gasteiger partial charge < -0.3 is 14.8 Å². The quantitative estimate of drug-likeness (QED) is 0.846. The van der Waals surface area contributed by atoms with Gasteiger partial charge in [0.1, 0.15) is 0 Å². The highest BCUT2D eigenvalue weighted by molar-refractivity contribution is 5.93. The number of hydrogen-bond donors (Lipinski definition) is 1. The van der Waals surface area contributed by atoms with Crippen LogP contribution in [0.1, 0.15) is 15.9 Å². The van der Waals surface area contributed by atoms with Crippen molar-refractivity contribution in [3.63, 3.8) is 0 Å². The molecule has 0 unspecified atom stereocenters. The van der Waals surface area contributed by atoms with Crippen molar-refractivity contribution < 1.29 is 23.0 Å². The fraction of sp³-hybridized carbons (Fsp3) is 0.333. The van der Waals surface area contributed by atoms with Crippen molar-refractivity contribution in [2.24, 2.45) is 7.05 Å². The molecule has 0 aliphatic carbocycles. The number of aromatic nitrogens is 2. The van der Waals surface area contributed by atoms with E-state index in [-0.39, 0.29) is 17.4 Å². The number of ether oxygens (including phenoxy) is 2. The van der Waals surface area contributed by atoms with E-state index in [2.05, 4.69) is 15.2 Å². The van der Waals surface area contributed by atoms with Gasteiger partial charge in [0, 0.05) is 19.8 Å². The van der Waals surface area contributed by atoms with Crippen LogP contribution in [0, 0.1) is 0 Å². The van der Waals surface area contributed by atoms with E-state index in [0.29, 0.717) is 18.5 Å². The molecular formula is C15H17F2N3O3. The molecule has 0 aliphatic heterocycles. The minimum atomic E-state index is -2.91. The van der Waals surface area contributed by atoms with Crippen molar-refractivity contribution in [3.8, 4) is 11.5 Å². The summed E-state index contributed by atoms with van der Waals surface area (Å²) >= 11 is 0. The number of rotatable bonds is 7. The average Bonchev–Trinajstić information content (AvgIpc) is 2.94. The van der Waals surface area contributed by atoms with Crippen LogP contribution in [0.15, 0.2) is 30.6 Å². The van der Waals surface area contributed by atoms with Gasteiger partial charge in [0.2, 0.25) is 0 Å². The standard InChI is InChI=1S/C15H17F2N3O3/c1-20-9-11(8-19-20)14(21)18-6-5-10-3-4-12(23-15(16)17)13(7-10)22-2/h3-4,7-9,15H,5-6H2,1-2H3,(H,18,21). The van der Waals surface area contributed by atoms with Crippen LogP contribution in [-0.4, -0.2) is 36.0 Å². The second-order valence-corrected chi connectivity index (χ2v) is 4.77. The molecule has 0 radical (unpaired) electrons. The molecule has 0 aliphatic rings. The summed E-state index contributed by atoms with van der Waals surface area (Å²) in [6, 6.07) is 4.67. The van der Waals surface area contributed by atoms with Crippen molar-refractivity contribution >= 4 is 5.91 Å². The van der Waals surface area contributed by atoms with Crippen LogP contribution in [0.5, 0.6) is 11.5 Å². The van der Waals surface area contributed by atoms with Crippen molar-refractivity contribution in [2.45, 2.75) is 13.0 Å². The Bertz CT molecular complexity index is 674. The van der Waals surface area contributed by atoms with Crippen molar-refractivity contribution in [2.75, 3.05) is 13.7 Å². The largest absolute Gasteiger partial charge is 0.493 e. The average molecular weight is 325 g/mol. The normalized spacial score (nSPS) is 10.7. The second kappa shape index (κ2) is 7.57. The third kappa shape index (κ3) is 4.67. The van der Waals surface area contributed by atoms with Gasteiger partial charge in [-0.1, -0.05) is 6.07 Å². The Morgan fingerprint density at radius 3 is 2.78 bits per heavy atom. The molecule has 0 saturated carbocycles. The van der Waals surface area contributed by atoms with Gasteiger partial charge in [-0.05, 0) is 24.1 Å². The van der Waals surface area contributed by atoms with Crippen molar-refractivity contribution in [1.29, 1.82) is 0 Å². The second-order valence-electron chi connectivity index (χ2n) is 4.77. The molecule has 124 valence electrons. The zero-order valence-electron chi connectivity index (χ0n) is 12.8. The summed E-state index contributed by atoms with van der Waals surface area (Å²) < 4.78 is 35.4. The van der Waals surface area contributed by atoms with Gasteiger partial charge in [-0.2, -0.15) is 13.9 Å². The Kier molecular flexibility index (Phi) is 5.51. The summed E-state index contributed by atoms with van der Waals surface area (Å²) in [7, 11) is 3.10. The Hall–Kier alpha value is -2.64. The first kappa shape index (κ1) is 16.7. The molecule has 1 aromatic carbocycles. The van der Waals surface area contributed by atoms with Gasteiger partial charge in [-0.25, -0.2) is 0 Å². The fourth-order valence-corrected chi connectivity index (χ4v) is 2.02. The van der Waals surface area contributed by atoms with Gasteiger partial charge in [0.05, 0.1) is 18.9 Å². The first-order chi connectivity index (χ1) is 11.0. The van der Waals surface area contributed by atoms with E-state index in [1.807, 2.05) is 0 Å². The van der Waals surface area contributed by atoms with Gasteiger partial charge in [-0.3, -0.25) is 9.48 Å². The smallest absolute Gasteiger partial charge is 0.387 e. The number of carbonyl (C=O) groups excluding carboxylic acids is 1. The monoisotopic (exact) mass is 325 g/mol. The number of carbonyl (C=O) groups is 1. The number of nitrogens with zero attached hydrogens (tertiary/aromatic N) is 2. The zero-order valence-corrected chi connectivity index (χ0v) is 12.8. The number of halogens is 2. The maximum absolute atomic E-state index is 12.3. The van der Waals surface area contributed by atoms with Crippen LogP contribution in [0.4, 0.5) is 8.78 Å². The van der Waals surface area contributed by atoms with Crippen LogP contribution in [0.25, 0.3) is 0 Å². The maximum atomic E-state index is 12.3. The predicted molar refractivity (Wildman–Crippen MR) is 78.9 cm³/mol. The molecule has 8 heteroatoms. The number of aryl methyl sites for hydroxylation is 1. The van der Waals surface area contributed by atoms with Crippen LogP contribution in [-0.2, 0) is 13.5 Å². The lowest BCUT2D eigenvalue weighted by Crippen LogP contribution is -2.25. The van der Waals surface area contributed by atoms with E-state index < -0.39 is 6.61 Å². The highest BCUT2D eigenvalue weighted by Gasteiger charge is 2.11. The minimum absolute atomic E-state index is 0.0226. The van der Waals surface area contributed by atoms with Crippen LogP contribution in [0.2, 0.25) is 0 Å². The molecular weight excluding hydrogens is 308 g/mol. The molecule has 0 spiro atoms. The van der Waals surface area contributed by atoms with E-state index in [0.717, 1.165) is 5.56 Å². The lowest BCUT2D eigenvalue weighted by Gasteiger charge is -2.11. The summed E-state index contributed by atoms with van der Waals surface area (Å²) in [4.78, 5) is 11.9. The molecule has 0 bridgehead atoms. The number of hydrogen-bond acceptors (Lipinski definition) is 4. The van der Waals surface area contributed by atoms with E-state index in [1.54, 1.807) is 30.1 Å². The molecule has 1 aromatic heterocycles. The summed E-state index contributed by atoms with van der Waals surface area (Å²) in [5, 5.41) is 6.68. The van der Waals surface area contributed by atoms with Gasteiger partial charge >= 0.3 is 6.61 Å². The lowest BCUT2D eigenvalue weighted by atomic mass is 10.1. The third-order valence-corrected chi connectivity index (χ3v) is 3.11. The minimum Gasteiger partial charge on any atom is -0.493 e. The van der Waals surface area contributed by atoms with Gasteiger partial charge in [0.25, 0.3) is 5.91 Å². The molecule has 2 aromatic rings. The Balaban J connectivity index is 1.91. The van der Waals surface area contributed by atoms with E-state index in [4.69, 9.17) is 4.74 Å². The highest BCUT2D eigenvalue weighted by Crippen LogP contribution is 2.29. The Labute approximate surface area is 132 Å². The number of methoxy groups -OCH3 is 1. The molecule has 1 amide bonds. The molecule has 23 heavy (non-hydrogen) atoms. The number of amides is 1. The number of nitrogens with one attached hydrogen (secondary N) is 1. The zero-order chi connectivity index (χ0) is 16.8. The van der Waals surface area contributed by atoms with E-state index >= 15 is 0 Å². The molecule has 1 N–H and O–H groups in total. The van der Waals surface area contributed by atoms with Gasteiger partial charge in [-0.15, -0.1) is 0 Å². The molecule has 6 nitrogen and oxygen atoms in total.